The number of aromatic amines is 1. The summed E-state index contributed by atoms with van der Waals surface area (Å²) in [6.45, 7) is 2.87. The lowest BCUT2D eigenvalue weighted by Gasteiger charge is -2.23. The fourth-order valence-corrected chi connectivity index (χ4v) is 4.29. The summed E-state index contributed by atoms with van der Waals surface area (Å²) in [5.41, 5.74) is 7.00. The van der Waals surface area contributed by atoms with Crippen molar-refractivity contribution in [3.63, 3.8) is 0 Å². The SMILES string of the molecule is O=C(/C=C/c1ccc(CN(CCNC(=O)Cc2ccccc2)CCc2c[nH]c3ccccc23)cc1)NO. The number of nitrogens with zero attached hydrogens (tertiary/aromatic N) is 1. The van der Waals surface area contributed by atoms with Gasteiger partial charge in [0.25, 0.3) is 5.91 Å². The van der Waals surface area contributed by atoms with Gasteiger partial charge in [0, 0.05) is 49.4 Å². The number of nitrogens with one attached hydrogen (secondary N) is 3. The molecule has 0 atom stereocenters. The first-order valence-electron chi connectivity index (χ1n) is 12.4. The first-order chi connectivity index (χ1) is 18.1. The third kappa shape index (κ3) is 7.90. The van der Waals surface area contributed by atoms with Crippen LogP contribution in [0.3, 0.4) is 0 Å². The Hall–Kier alpha value is -4.20. The summed E-state index contributed by atoms with van der Waals surface area (Å²) in [6.07, 6.45) is 6.26. The average Bonchev–Trinajstić information content (AvgIpc) is 3.34. The molecule has 0 radical (unpaired) electrons. The van der Waals surface area contributed by atoms with Crippen LogP contribution < -0.4 is 10.8 Å². The summed E-state index contributed by atoms with van der Waals surface area (Å²) in [6, 6.07) is 26.0. The highest BCUT2D eigenvalue weighted by atomic mass is 16.5. The lowest BCUT2D eigenvalue weighted by atomic mass is 10.1. The molecule has 0 aliphatic carbocycles. The number of H-pyrrole nitrogens is 1. The summed E-state index contributed by atoms with van der Waals surface area (Å²) >= 11 is 0. The van der Waals surface area contributed by atoms with Gasteiger partial charge < -0.3 is 10.3 Å². The minimum atomic E-state index is -0.568. The number of hydrogen-bond acceptors (Lipinski definition) is 4. The van der Waals surface area contributed by atoms with E-state index in [2.05, 4.69) is 39.6 Å². The molecule has 1 aromatic heterocycles. The van der Waals surface area contributed by atoms with Crippen molar-refractivity contribution in [2.75, 3.05) is 19.6 Å². The Labute approximate surface area is 216 Å². The number of para-hydroxylation sites is 1. The van der Waals surface area contributed by atoms with Gasteiger partial charge in [-0.25, -0.2) is 5.48 Å². The lowest BCUT2D eigenvalue weighted by Crippen LogP contribution is -2.36. The van der Waals surface area contributed by atoms with Crippen molar-refractivity contribution in [2.24, 2.45) is 0 Å². The maximum atomic E-state index is 12.4. The Morgan fingerprint density at radius 1 is 0.892 bits per heavy atom. The van der Waals surface area contributed by atoms with E-state index in [0.29, 0.717) is 13.0 Å². The fraction of sp³-hybridized carbons (Fsp3) is 0.200. The van der Waals surface area contributed by atoms with Crippen LogP contribution in [0.2, 0.25) is 0 Å². The minimum Gasteiger partial charge on any atom is -0.361 e. The zero-order chi connectivity index (χ0) is 25.9. The van der Waals surface area contributed by atoms with E-state index in [1.165, 1.54) is 17.0 Å². The van der Waals surface area contributed by atoms with Gasteiger partial charge in [-0.1, -0.05) is 72.8 Å². The predicted molar refractivity (Wildman–Crippen MR) is 146 cm³/mol. The summed E-state index contributed by atoms with van der Waals surface area (Å²) in [4.78, 5) is 29.3. The molecule has 37 heavy (non-hydrogen) atoms. The highest BCUT2D eigenvalue weighted by Gasteiger charge is 2.11. The third-order valence-corrected chi connectivity index (χ3v) is 6.25. The molecule has 7 nitrogen and oxygen atoms in total. The second-order valence-electron chi connectivity index (χ2n) is 8.95. The normalized spacial score (nSPS) is 11.3. The highest BCUT2D eigenvalue weighted by Crippen LogP contribution is 2.19. The van der Waals surface area contributed by atoms with Crippen LogP contribution in [0.15, 0.2) is 91.1 Å². The number of carbonyl (C=O) groups excluding carboxylic acids is 2. The van der Waals surface area contributed by atoms with Crippen LogP contribution in [0.4, 0.5) is 0 Å². The molecule has 0 spiro atoms. The molecule has 0 saturated heterocycles. The number of fused-ring (bicyclic) bond motifs is 1. The summed E-state index contributed by atoms with van der Waals surface area (Å²) in [5.74, 6) is -0.548. The van der Waals surface area contributed by atoms with Gasteiger partial charge in [0.1, 0.15) is 0 Å². The minimum absolute atomic E-state index is 0.0193. The van der Waals surface area contributed by atoms with Crippen molar-refractivity contribution in [1.82, 2.24) is 20.7 Å². The lowest BCUT2D eigenvalue weighted by molar-refractivity contribution is -0.124. The second kappa shape index (κ2) is 13.2. The van der Waals surface area contributed by atoms with Gasteiger partial charge in [0.05, 0.1) is 6.42 Å². The summed E-state index contributed by atoms with van der Waals surface area (Å²) < 4.78 is 0. The van der Waals surface area contributed by atoms with Crippen LogP contribution in [-0.4, -0.2) is 46.5 Å². The Morgan fingerprint density at radius 2 is 1.65 bits per heavy atom. The van der Waals surface area contributed by atoms with Crippen molar-refractivity contribution in [1.29, 1.82) is 0 Å². The van der Waals surface area contributed by atoms with Gasteiger partial charge in [-0.05, 0) is 40.8 Å². The van der Waals surface area contributed by atoms with E-state index in [9.17, 15) is 9.59 Å². The third-order valence-electron chi connectivity index (χ3n) is 6.25. The quantitative estimate of drug-likeness (QED) is 0.135. The monoisotopic (exact) mass is 496 g/mol. The van der Waals surface area contributed by atoms with Crippen LogP contribution in [0, 0.1) is 0 Å². The number of hydroxylamine groups is 1. The first kappa shape index (κ1) is 25.9. The van der Waals surface area contributed by atoms with Crippen molar-refractivity contribution < 1.29 is 14.8 Å². The van der Waals surface area contributed by atoms with Crippen LogP contribution in [-0.2, 0) is 29.0 Å². The molecule has 0 aliphatic heterocycles. The van der Waals surface area contributed by atoms with Gasteiger partial charge in [-0.3, -0.25) is 19.7 Å². The molecule has 2 amide bonds. The number of benzene rings is 3. The van der Waals surface area contributed by atoms with E-state index in [4.69, 9.17) is 5.21 Å². The zero-order valence-corrected chi connectivity index (χ0v) is 20.7. The number of aromatic nitrogens is 1. The largest absolute Gasteiger partial charge is 0.361 e. The number of rotatable bonds is 12. The van der Waals surface area contributed by atoms with Gasteiger partial charge in [-0.15, -0.1) is 0 Å². The molecular weight excluding hydrogens is 464 g/mol. The molecule has 0 saturated carbocycles. The average molecular weight is 497 g/mol. The Balaban J connectivity index is 1.37. The maximum Gasteiger partial charge on any atom is 0.267 e. The van der Waals surface area contributed by atoms with Crippen LogP contribution >= 0.6 is 0 Å². The highest BCUT2D eigenvalue weighted by molar-refractivity contribution is 5.90. The Kier molecular flexibility index (Phi) is 9.23. The van der Waals surface area contributed by atoms with E-state index >= 15 is 0 Å². The standard InChI is InChI=1S/C30H32N4O3/c35-29(33-37)15-14-23-10-12-25(13-11-23)22-34(18-16-26-21-32-28-9-5-4-8-27(26)28)19-17-31-30(36)20-24-6-2-1-3-7-24/h1-15,21,32,37H,16-20,22H2,(H,31,36)(H,33,35)/b15-14+. The second-order valence-corrected chi connectivity index (χ2v) is 8.95. The van der Waals surface area contributed by atoms with Crippen LogP contribution in [0.1, 0.15) is 22.3 Å². The van der Waals surface area contributed by atoms with Crippen LogP contribution in [0.25, 0.3) is 17.0 Å². The molecular formula is C30H32N4O3. The number of carbonyl (C=O) groups is 2. The molecule has 7 heteroatoms. The molecule has 3 aromatic carbocycles. The smallest absolute Gasteiger partial charge is 0.267 e. The van der Waals surface area contributed by atoms with Crippen molar-refractivity contribution in [3.05, 3.63) is 113 Å². The Bertz CT molecular complexity index is 1330. The topological polar surface area (TPSA) is 97.5 Å². The van der Waals surface area contributed by atoms with Gasteiger partial charge in [-0.2, -0.15) is 0 Å². The fourth-order valence-electron chi connectivity index (χ4n) is 4.29. The van der Waals surface area contributed by atoms with Gasteiger partial charge >= 0.3 is 0 Å². The first-order valence-corrected chi connectivity index (χ1v) is 12.4. The summed E-state index contributed by atoms with van der Waals surface area (Å²) in [5, 5.41) is 12.9. The zero-order valence-electron chi connectivity index (χ0n) is 20.7. The van der Waals surface area contributed by atoms with E-state index in [1.807, 2.05) is 60.7 Å². The molecule has 4 aromatic rings. The van der Waals surface area contributed by atoms with E-state index < -0.39 is 5.91 Å². The molecule has 1 heterocycles. The van der Waals surface area contributed by atoms with E-state index in [-0.39, 0.29) is 5.91 Å². The number of amides is 2. The molecule has 4 rings (SSSR count). The summed E-state index contributed by atoms with van der Waals surface area (Å²) in [7, 11) is 0. The maximum absolute atomic E-state index is 12.4. The van der Waals surface area contributed by atoms with Crippen molar-refractivity contribution in [3.8, 4) is 0 Å². The van der Waals surface area contributed by atoms with Crippen LogP contribution in [0.5, 0.6) is 0 Å². The molecule has 4 N–H and O–H groups in total. The Morgan fingerprint density at radius 3 is 2.43 bits per heavy atom. The molecule has 0 unspecified atom stereocenters. The van der Waals surface area contributed by atoms with E-state index in [0.717, 1.165) is 48.3 Å². The number of hydrogen-bond donors (Lipinski definition) is 4. The molecule has 0 aliphatic rings. The molecule has 0 fully saturated rings. The molecule has 190 valence electrons. The van der Waals surface area contributed by atoms with Crippen molar-refractivity contribution >= 4 is 28.8 Å². The van der Waals surface area contributed by atoms with Gasteiger partial charge in [0.15, 0.2) is 0 Å². The molecule has 0 bridgehead atoms. The predicted octanol–water partition coefficient (Wildman–Crippen LogP) is 4.09. The van der Waals surface area contributed by atoms with Crippen molar-refractivity contribution in [2.45, 2.75) is 19.4 Å². The van der Waals surface area contributed by atoms with E-state index in [1.54, 1.807) is 11.6 Å². The van der Waals surface area contributed by atoms with Gasteiger partial charge in [0.2, 0.25) is 5.91 Å².